The fourth-order valence-corrected chi connectivity index (χ4v) is 2.57. The molecule has 3 rings (SSSR count). The van der Waals surface area contributed by atoms with Crippen LogP contribution in [0.2, 0.25) is 0 Å². The summed E-state index contributed by atoms with van der Waals surface area (Å²) in [5, 5.41) is 0.364. The van der Waals surface area contributed by atoms with Crippen molar-refractivity contribution in [2.75, 3.05) is 13.2 Å². The minimum absolute atomic E-state index is 0.103. The predicted octanol–water partition coefficient (Wildman–Crippen LogP) is 4.62. The minimum atomic E-state index is -0.433. The number of fused-ring (bicyclic) bond motifs is 1. The van der Waals surface area contributed by atoms with Crippen molar-refractivity contribution >= 4 is 16.9 Å². The quantitative estimate of drug-likeness (QED) is 0.418. The van der Waals surface area contributed by atoms with Gasteiger partial charge in [-0.3, -0.25) is 4.79 Å². The number of benzene rings is 2. The largest absolute Gasteiger partial charge is 0.482 e. The highest BCUT2D eigenvalue weighted by molar-refractivity contribution is 5.79. The number of carbonyl (C=O) groups is 1. The van der Waals surface area contributed by atoms with Crippen LogP contribution in [0.25, 0.3) is 11.0 Å². The first-order valence-corrected chi connectivity index (χ1v) is 9.15. The Morgan fingerprint density at radius 3 is 2.75 bits per heavy atom. The standard InChI is InChI=1S/C22H22O6/c1-3-4-10-25-21(23)14-26-16-8-9-18-19(12-16)27-13-20(22(18)24)28-17-7-5-6-15(2)11-17/h5-9,11-13H,3-4,10,14H2,1-2H3. The summed E-state index contributed by atoms with van der Waals surface area (Å²) in [6, 6.07) is 12.2. The van der Waals surface area contributed by atoms with E-state index in [-0.39, 0.29) is 17.8 Å². The first-order valence-electron chi connectivity index (χ1n) is 9.15. The number of esters is 1. The number of carbonyl (C=O) groups excluding carboxylic acids is 1. The van der Waals surface area contributed by atoms with E-state index >= 15 is 0 Å². The molecule has 0 unspecified atom stereocenters. The Morgan fingerprint density at radius 1 is 1.11 bits per heavy atom. The van der Waals surface area contributed by atoms with E-state index in [1.807, 2.05) is 32.0 Å². The number of unbranched alkanes of at least 4 members (excludes halogenated alkanes) is 1. The monoisotopic (exact) mass is 382 g/mol. The maximum atomic E-state index is 12.6. The lowest BCUT2D eigenvalue weighted by atomic mass is 10.2. The summed E-state index contributed by atoms with van der Waals surface area (Å²) in [5.74, 6) is 0.645. The average Bonchev–Trinajstić information content (AvgIpc) is 2.69. The molecule has 146 valence electrons. The van der Waals surface area contributed by atoms with Gasteiger partial charge in [0.25, 0.3) is 0 Å². The first kappa shape index (κ1) is 19.5. The zero-order chi connectivity index (χ0) is 19.9. The van der Waals surface area contributed by atoms with E-state index in [1.165, 1.54) is 6.26 Å². The van der Waals surface area contributed by atoms with Crippen molar-refractivity contribution in [3.05, 3.63) is 64.5 Å². The van der Waals surface area contributed by atoms with Crippen molar-refractivity contribution in [3.8, 4) is 17.2 Å². The molecule has 1 aromatic heterocycles. The number of hydrogen-bond acceptors (Lipinski definition) is 6. The lowest BCUT2D eigenvalue weighted by Crippen LogP contribution is -2.15. The fraction of sp³-hybridized carbons (Fsp3) is 0.273. The molecule has 1 heterocycles. The highest BCUT2D eigenvalue weighted by Gasteiger charge is 2.11. The Bertz CT molecular complexity index is 1020. The van der Waals surface area contributed by atoms with Gasteiger partial charge in [0.15, 0.2) is 6.61 Å². The number of hydrogen-bond donors (Lipinski definition) is 0. The molecule has 0 bridgehead atoms. The Morgan fingerprint density at radius 2 is 1.96 bits per heavy atom. The van der Waals surface area contributed by atoms with Gasteiger partial charge in [0.05, 0.1) is 12.0 Å². The Balaban J connectivity index is 1.71. The summed E-state index contributed by atoms with van der Waals surface area (Å²) in [7, 11) is 0. The lowest BCUT2D eigenvalue weighted by molar-refractivity contribution is -0.146. The summed E-state index contributed by atoms with van der Waals surface area (Å²) in [6.07, 6.45) is 3.04. The molecular formula is C22H22O6. The molecule has 0 aliphatic carbocycles. The second-order valence-corrected chi connectivity index (χ2v) is 6.37. The van der Waals surface area contributed by atoms with E-state index in [0.717, 1.165) is 18.4 Å². The zero-order valence-corrected chi connectivity index (χ0v) is 15.9. The molecule has 6 nitrogen and oxygen atoms in total. The Kier molecular flexibility index (Phi) is 6.32. The molecule has 0 saturated carbocycles. The second-order valence-electron chi connectivity index (χ2n) is 6.37. The van der Waals surface area contributed by atoms with E-state index in [4.69, 9.17) is 18.6 Å². The molecule has 0 aliphatic heterocycles. The summed E-state index contributed by atoms with van der Waals surface area (Å²) >= 11 is 0. The molecule has 0 radical (unpaired) electrons. The lowest BCUT2D eigenvalue weighted by Gasteiger charge is -2.08. The number of ether oxygens (including phenoxy) is 3. The molecule has 0 amide bonds. The summed E-state index contributed by atoms with van der Waals surface area (Å²) in [5.41, 5.74) is 1.09. The van der Waals surface area contributed by atoms with Gasteiger partial charge < -0.3 is 18.6 Å². The normalized spacial score (nSPS) is 10.6. The first-order chi connectivity index (χ1) is 13.6. The Labute approximate surface area is 162 Å². The van der Waals surface area contributed by atoms with E-state index in [9.17, 15) is 9.59 Å². The number of aryl methyl sites for hydroxylation is 1. The molecule has 0 atom stereocenters. The van der Waals surface area contributed by atoms with Gasteiger partial charge in [0, 0.05) is 6.07 Å². The van der Waals surface area contributed by atoms with Crippen LogP contribution in [0.1, 0.15) is 25.3 Å². The Hall–Kier alpha value is -3.28. The summed E-state index contributed by atoms with van der Waals surface area (Å²) in [6.45, 7) is 4.14. The maximum Gasteiger partial charge on any atom is 0.344 e. The van der Waals surface area contributed by atoms with Crippen LogP contribution >= 0.6 is 0 Å². The molecule has 0 N–H and O–H groups in total. The molecule has 0 fully saturated rings. The molecule has 0 saturated heterocycles. The van der Waals surface area contributed by atoms with Crippen LogP contribution in [0.15, 0.2) is 57.9 Å². The van der Waals surface area contributed by atoms with E-state index < -0.39 is 5.97 Å². The van der Waals surface area contributed by atoms with Gasteiger partial charge in [-0.15, -0.1) is 0 Å². The van der Waals surface area contributed by atoms with Gasteiger partial charge in [-0.2, -0.15) is 0 Å². The predicted molar refractivity (Wildman–Crippen MR) is 105 cm³/mol. The van der Waals surface area contributed by atoms with Crippen LogP contribution in [-0.2, 0) is 9.53 Å². The summed E-state index contributed by atoms with van der Waals surface area (Å²) in [4.78, 5) is 24.3. The molecule has 28 heavy (non-hydrogen) atoms. The van der Waals surface area contributed by atoms with Gasteiger partial charge in [-0.1, -0.05) is 25.5 Å². The summed E-state index contributed by atoms with van der Waals surface area (Å²) < 4.78 is 21.6. The average molecular weight is 382 g/mol. The highest BCUT2D eigenvalue weighted by atomic mass is 16.6. The molecule has 0 aliphatic rings. The van der Waals surface area contributed by atoms with Crippen molar-refractivity contribution in [1.82, 2.24) is 0 Å². The molecular weight excluding hydrogens is 360 g/mol. The van der Waals surface area contributed by atoms with E-state index in [2.05, 4.69) is 0 Å². The van der Waals surface area contributed by atoms with Crippen LogP contribution in [0.4, 0.5) is 0 Å². The SMILES string of the molecule is CCCCOC(=O)COc1ccc2c(=O)c(Oc3cccc(C)c3)coc2c1. The van der Waals surface area contributed by atoms with Gasteiger partial charge in [-0.25, -0.2) is 4.79 Å². The smallest absolute Gasteiger partial charge is 0.344 e. The topological polar surface area (TPSA) is 75.0 Å². The van der Waals surface area contributed by atoms with Gasteiger partial charge in [-0.05, 0) is 43.2 Å². The van der Waals surface area contributed by atoms with Gasteiger partial charge in [0.1, 0.15) is 23.3 Å². The third-order valence-corrected chi connectivity index (χ3v) is 4.05. The van der Waals surface area contributed by atoms with Crippen LogP contribution in [0, 0.1) is 6.92 Å². The fourth-order valence-electron chi connectivity index (χ4n) is 2.57. The molecule has 3 aromatic rings. The second kappa shape index (κ2) is 9.08. The highest BCUT2D eigenvalue weighted by Crippen LogP contribution is 2.24. The van der Waals surface area contributed by atoms with Crippen molar-refractivity contribution in [1.29, 1.82) is 0 Å². The zero-order valence-electron chi connectivity index (χ0n) is 15.9. The minimum Gasteiger partial charge on any atom is -0.482 e. The van der Waals surface area contributed by atoms with Crippen molar-refractivity contribution in [3.63, 3.8) is 0 Å². The number of rotatable bonds is 8. The third-order valence-electron chi connectivity index (χ3n) is 4.05. The van der Waals surface area contributed by atoms with Crippen LogP contribution in [0.5, 0.6) is 17.2 Å². The van der Waals surface area contributed by atoms with Crippen molar-refractivity contribution in [2.45, 2.75) is 26.7 Å². The van der Waals surface area contributed by atoms with Crippen molar-refractivity contribution < 1.29 is 23.4 Å². The van der Waals surface area contributed by atoms with Crippen LogP contribution in [0.3, 0.4) is 0 Å². The molecule has 6 heteroatoms. The van der Waals surface area contributed by atoms with Crippen LogP contribution in [-0.4, -0.2) is 19.2 Å². The van der Waals surface area contributed by atoms with Crippen LogP contribution < -0.4 is 14.9 Å². The van der Waals surface area contributed by atoms with Crippen molar-refractivity contribution in [2.24, 2.45) is 0 Å². The van der Waals surface area contributed by atoms with Gasteiger partial charge in [0.2, 0.25) is 11.2 Å². The molecule has 0 spiro atoms. The third kappa shape index (κ3) is 4.91. The van der Waals surface area contributed by atoms with E-state index in [1.54, 1.807) is 24.3 Å². The van der Waals surface area contributed by atoms with Gasteiger partial charge >= 0.3 is 5.97 Å². The molecule has 2 aromatic carbocycles. The maximum absolute atomic E-state index is 12.6. The van der Waals surface area contributed by atoms with E-state index in [0.29, 0.717) is 29.1 Å².